The molecule has 1 aromatic rings. The van der Waals surface area contributed by atoms with Gasteiger partial charge in [0.05, 0.1) is 18.8 Å². The Bertz CT molecular complexity index is 787. The lowest BCUT2D eigenvalue weighted by Gasteiger charge is -2.31. The standard InChI is InChI=1S/C25H33NO3/c1-3-17-12-21-20(10-11-23(21)27)22(13-17)24(28)26-25(14-19(25)4-2)16-29-15-18-8-6-5-7-9-18/h5-9,13,17,19-21H,3-4,10-12,14-16H2,1-2H3,(H,26,28)/t17-,19+,20+,21+,25-/m1/s1. The van der Waals surface area contributed by atoms with Gasteiger partial charge in [-0.15, -0.1) is 0 Å². The highest BCUT2D eigenvalue weighted by molar-refractivity contribution is 5.97. The summed E-state index contributed by atoms with van der Waals surface area (Å²) >= 11 is 0. The van der Waals surface area contributed by atoms with Crippen LogP contribution in [-0.4, -0.2) is 23.8 Å². The van der Waals surface area contributed by atoms with Crippen LogP contribution in [0.2, 0.25) is 0 Å². The van der Waals surface area contributed by atoms with Crippen molar-refractivity contribution >= 4 is 11.7 Å². The number of hydrogen-bond acceptors (Lipinski definition) is 3. The number of ether oxygens (including phenoxy) is 1. The highest BCUT2D eigenvalue weighted by Crippen LogP contribution is 2.48. The van der Waals surface area contributed by atoms with Gasteiger partial charge in [-0.25, -0.2) is 0 Å². The Hall–Kier alpha value is -1.94. The van der Waals surface area contributed by atoms with Gasteiger partial charge >= 0.3 is 0 Å². The molecule has 1 aromatic carbocycles. The first-order valence-electron chi connectivity index (χ1n) is 11.2. The largest absolute Gasteiger partial charge is 0.374 e. The van der Waals surface area contributed by atoms with Gasteiger partial charge in [0.2, 0.25) is 5.91 Å². The number of carbonyl (C=O) groups excluding carboxylic acids is 2. The summed E-state index contributed by atoms with van der Waals surface area (Å²) in [5.74, 6) is 1.36. The van der Waals surface area contributed by atoms with Gasteiger partial charge in [-0.05, 0) is 49.0 Å². The van der Waals surface area contributed by atoms with E-state index in [0.29, 0.717) is 37.3 Å². The van der Waals surface area contributed by atoms with Crippen molar-refractivity contribution in [2.45, 2.75) is 64.5 Å². The molecule has 0 bridgehead atoms. The van der Waals surface area contributed by atoms with Crippen molar-refractivity contribution in [2.75, 3.05) is 6.61 Å². The molecule has 0 unspecified atom stereocenters. The van der Waals surface area contributed by atoms with Crippen molar-refractivity contribution in [1.82, 2.24) is 5.32 Å². The number of fused-ring (bicyclic) bond motifs is 1. The first-order chi connectivity index (χ1) is 14.1. The molecule has 156 valence electrons. The average Bonchev–Trinajstić information content (AvgIpc) is 3.30. The van der Waals surface area contributed by atoms with E-state index in [2.05, 4.69) is 37.4 Å². The van der Waals surface area contributed by atoms with Crippen LogP contribution in [0, 0.1) is 23.7 Å². The third-order valence-corrected chi connectivity index (χ3v) is 7.32. The van der Waals surface area contributed by atoms with Crippen LogP contribution < -0.4 is 5.32 Å². The van der Waals surface area contributed by atoms with E-state index < -0.39 is 0 Å². The maximum absolute atomic E-state index is 13.3. The Labute approximate surface area is 174 Å². The first-order valence-corrected chi connectivity index (χ1v) is 11.2. The molecular weight excluding hydrogens is 362 g/mol. The van der Waals surface area contributed by atoms with Crippen molar-refractivity contribution in [3.8, 4) is 0 Å². The second-order valence-corrected chi connectivity index (χ2v) is 9.14. The third-order valence-electron chi connectivity index (χ3n) is 7.32. The second-order valence-electron chi connectivity index (χ2n) is 9.14. The maximum atomic E-state index is 13.3. The molecular formula is C25H33NO3. The molecule has 1 amide bonds. The molecule has 1 N–H and O–H groups in total. The summed E-state index contributed by atoms with van der Waals surface area (Å²) in [5.41, 5.74) is 1.76. The number of allylic oxidation sites excluding steroid dienone is 1. The highest BCUT2D eigenvalue weighted by atomic mass is 16.5. The molecule has 0 aromatic heterocycles. The van der Waals surface area contributed by atoms with Gasteiger partial charge in [-0.2, -0.15) is 0 Å². The van der Waals surface area contributed by atoms with Crippen molar-refractivity contribution < 1.29 is 14.3 Å². The van der Waals surface area contributed by atoms with Gasteiger partial charge in [-0.3, -0.25) is 9.59 Å². The van der Waals surface area contributed by atoms with Crippen LogP contribution >= 0.6 is 0 Å². The quantitative estimate of drug-likeness (QED) is 0.708. The molecule has 0 spiro atoms. The zero-order chi connectivity index (χ0) is 20.4. The van der Waals surface area contributed by atoms with E-state index in [4.69, 9.17) is 4.74 Å². The van der Waals surface area contributed by atoms with E-state index in [9.17, 15) is 9.59 Å². The number of Topliss-reactive ketones (excluding diaryl/α,β-unsaturated/α-hetero) is 1. The van der Waals surface area contributed by atoms with Gasteiger partial charge in [-0.1, -0.05) is 56.7 Å². The molecule has 0 aliphatic heterocycles. The van der Waals surface area contributed by atoms with Crippen LogP contribution in [0.25, 0.3) is 0 Å². The fraction of sp³-hybridized carbons (Fsp3) is 0.600. The minimum atomic E-state index is -0.251. The zero-order valence-electron chi connectivity index (χ0n) is 17.7. The summed E-state index contributed by atoms with van der Waals surface area (Å²) in [5, 5.41) is 3.35. The number of amides is 1. The molecule has 5 atom stereocenters. The number of hydrogen-bond donors (Lipinski definition) is 1. The molecule has 0 heterocycles. The molecule has 2 fully saturated rings. The lowest BCUT2D eigenvalue weighted by atomic mass is 9.74. The Morgan fingerprint density at radius 1 is 1.17 bits per heavy atom. The lowest BCUT2D eigenvalue weighted by Crippen LogP contribution is -2.45. The van der Waals surface area contributed by atoms with Crippen LogP contribution in [0.4, 0.5) is 0 Å². The van der Waals surface area contributed by atoms with Gasteiger partial charge < -0.3 is 10.1 Å². The third kappa shape index (κ3) is 4.18. The Morgan fingerprint density at radius 3 is 2.66 bits per heavy atom. The van der Waals surface area contributed by atoms with E-state index in [1.807, 2.05) is 18.2 Å². The monoisotopic (exact) mass is 395 g/mol. The summed E-state index contributed by atoms with van der Waals surface area (Å²) in [6.07, 6.45) is 7.53. The number of benzene rings is 1. The molecule has 4 heteroatoms. The molecule has 3 aliphatic carbocycles. The van der Waals surface area contributed by atoms with Crippen LogP contribution in [0.1, 0.15) is 57.9 Å². The number of nitrogens with one attached hydrogen (secondary N) is 1. The van der Waals surface area contributed by atoms with Crippen molar-refractivity contribution in [3.63, 3.8) is 0 Å². The second kappa shape index (κ2) is 8.43. The predicted octanol–water partition coefficient (Wildman–Crippen LogP) is 4.44. The molecule has 2 saturated carbocycles. The summed E-state index contributed by atoms with van der Waals surface area (Å²) in [4.78, 5) is 25.6. The lowest BCUT2D eigenvalue weighted by molar-refractivity contribution is -0.122. The maximum Gasteiger partial charge on any atom is 0.247 e. The first kappa shape index (κ1) is 20.3. The van der Waals surface area contributed by atoms with Crippen molar-refractivity contribution in [1.29, 1.82) is 0 Å². The average molecular weight is 396 g/mol. The molecule has 0 saturated heterocycles. The van der Waals surface area contributed by atoms with E-state index >= 15 is 0 Å². The van der Waals surface area contributed by atoms with Crippen LogP contribution in [0.5, 0.6) is 0 Å². The van der Waals surface area contributed by atoms with Crippen LogP contribution in [0.15, 0.2) is 42.0 Å². The normalized spacial score (nSPS) is 33.2. The van der Waals surface area contributed by atoms with E-state index in [1.54, 1.807) is 0 Å². The Balaban J connectivity index is 1.43. The predicted molar refractivity (Wildman–Crippen MR) is 113 cm³/mol. The van der Waals surface area contributed by atoms with Crippen LogP contribution in [-0.2, 0) is 20.9 Å². The van der Waals surface area contributed by atoms with Gasteiger partial charge in [0, 0.05) is 17.9 Å². The summed E-state index contributed by atoms with van der Waals surface area (Å²) < 4.78 is 6.02. The highest BCUT2D eigenvalue weighted by Gasteiger charge is 2.55. The van der Waals surface area contributed by atoms with Gasteiger partial charge in [0.25, 0.3) is 0 Å². The number of ketones is 1. The smallest absolute Gasteiger partial charge is 0.247 e. The molecule has 4 rings (SSSR count). The topological polar surface area (TPSA) is 55.4 Å². The Kier molecular flexibility index (Phi) is 5.91. The fourth-order valence-corrected chi connectivity index (χ4v) is 5.38. The molecule has 0 radical (unpaired) electrons. The van der Waals surface area contributed by atoms with Crippen molar-refractivity contribution in [3.05, 3.63) is 47.5 Å². The zero-order valence-corrected chi connectivity index (χ0v) is 17.7. The fourth-order valence-electron chi connectivity index (χ4n) is 5.38. The summed E-state index contributed by atoms with van der Waals surface area (Å²) in [6.45, 7) is 5.43. The minimum absolute atomic E-state index is 0.0344. The van der Waals surface area contributed by atoms with Crippen LogP contribution in [0.3, 0.4) is 0 Å². The number of rotatable bonds is 8. The molecule has 29 heavy (non-hydrogen) atoms. The van der Waals surface area contributed by atoms with Gasteiger partial charge in [0.15, 0.2) is 0 Å². The van der Waals surface area contributed by atoms with E-state index in [0.717, 1.165) is 43.2 Å². The van der Waals surface area contributed by atoms with E-state index in [1.165, 1.54) is 0 Å². The minimum Gasteiger partial charge on any atom is -0.374 e. The molecule has 4 nitrogen and oxygen atoms in total. The van der Waals surface area contributed by atoms with E-state index in [-0.39, 0.29) is 23.3 Å². The Morgan fingerprint density at radius 2 is 1.97 bits per heavy atom. The number of carbonyl (C=O) groups is 2. The van der Waals surface area contributed by atoms with Crippen molar-refractivity contribution in [2.24, 2.45) is 23.7 Å². The summed E-state index contributed by atoms with van der Waals surface area (Å²) in [7, 11) is 0. The molecule has 3 aliphatic rings. The summed E-state index contributed by atoms with van der Waals surface area (Å²) in [6, 6.07) is 10.2. The van der Waals surface area contributed by atoms with Gasteiger partial charge in [0.1, 0.15) is 5.78 Å². The SMILES string of the molecule is CC[C@H]1C=C(C(=O)N[C@@]2(COCc3ccccc3)C[C@@H]2CC)[C@H]2CCC(=O)[C@H]2C1.